The van der Waals surface area contributed by atoms with Crippen LogP contribution in [0.1, 0.15) is 0 Å². The van der Waals surface area contributed by atoms with E-state index in [0.717, 1.165) is 0 Å². The average molecular weight is 439 g/mol. The SMILES string of the molecule is CN(c1ccc(NC(=O)Nc2ccccc2)cc1)S(=O)(=O)c1ccc2c(c1)OCCO2. The first-order chi connectivity index (χ1) is 14.9. The van der Waals surface area contributed by atoms with E-state index in [0.29, 0.717) is 41.8 Å². The third-order valence-electron chi connectivity index (χ3n) is 4.69. The molecule has 0 unspecified atom stereocenters. The molecule has 31 heavy (non-hydrogen) atoms. The summed E-state index contributed by atoms with van der Waals surface area (Å²) in [6.45, 7) is 0.807. The summed E-state index contributed by atoms with van der Waals surface area (Å²) in [7, 11) is -2.34. The van der Waals surface area contributed by atoms with Crippen LogP contribution in [0.3, 0.4) is 0 Å². The van der Waals surface area contributed by atoms with Gasteiger partial charge < -0.3 is 20.1 Å². The third-order valence-corrected chi connectivity index (χ3v) is 6.47. The second-order valence-electron chi connectivity index (χ2n) is 6.77. The van der Waals surface area contributed by atoms with E-state index >= 15 is 0 Å². The summed E-state index contributed by atoms with van der Waals surface area (Å²) in [6.07, 6.45) is 0. The maximum Gasteiger partial charge on any atom is 0.323 e. The topological polar surface area (TPSA) is 97.0 Å². The van der Waals surface area contributed by atoms with E-state index < -0.39 is 16.1 Å². The summed E-state index contributed by atoms with van der Waals surface area (Å²) in [5.74, 6) is 0.932. The highest BCUT2D eigenvalue weighted by atomic mass is 32.2. The number of nitrogens with zero attached hydrogens (tertiary/aromatic N) is 1. The largest absolute Gasteiger partial charge is 0.486 e. The Morgan fingerprint density at radius 3 is 2.13 bits per heavy atom. The van der Waals surface area contributed by atoms with Gasteiger partial charge in [0, 0.05) is 24.5 Å². The molecule has 1 aliphatic rings. The van der Waals surface area contributed by atoms with Crippen LogP contribution in [-0.2, 0) is 10.0 Å². The summed E-state index contributed by atoms with van der Waals surface area (Å²) in [4.78, 5) is 12.2. The normalized spacial score (nSPS) is 12.7. The first-order valence-corrected chi connectivity index (χ1v) is 11.0. The van der Waals surface area contributed by atoms with E-state index in [1.165, 1.54) is 23.5 Å². The van der Waals surface area contributed by atoms with Gasteiger partial charge in [0.25, 0.3) is 10.0 Å². The number of nitrogens with one attached hydrogen (secondary N) is 2. The zero-order valence-electron chi connectivity index (χ0n) is 16.7. The summed E-state index contributed by atoms with van der Waals surface area (Å²) < 4.78 is 38.2. The molecule has 9 heteroatoms. The summed E-state index contributed by atoms with van der Waals surface area (Å²) in [5.41, 5.74) is 1.65. The molecule has 2 amide bonds. The number of urea groups is 1. The molecule has 0 fully saturated rings. The van der Waals surface area contributed by atoms with E-state index in [1.807, 2.05) is 18.2 Å². The van der Waals surface area contributed by atoms with Gasteiger partial charge in [0.1, 0.15) is 13.2 Å². The fourth-order valence-electron chi connectivity index (χ4n) is 3.05. The standard InChI is InChI=1S/C22H21N3O5S/c1-25(31(27,28)19-11-12-20-21(15-19)30-14-13-29-20)18-9-7-17(8-10-18)24-22(26)23-16-5-3-2-4-6-16/h2-12,15H,13-14H2,1H3,(H2,23,24,26). The zero-order valence-corrected chi connectivity index (χ0v) is 17.6. The van der Waals surface area contributed by atoms with E-state index in [1.54, 1.807) is 42.5 Å². The lowest BCUT2D eigenvalue weighted by molar-refractivity contribution is 0.171. The van der Waals surface area contributed by atoms with E-state index in [4.69, 9.17) is 9.47 Å². The Labute approximate surface area is 180 Å². The highest BCUT2D eigenvalue weighted by Gasteiger charge is 2.24. The van der Waals surface area contributed by atoms with Gasteiger partial charge in [-0.3, -0.25) is 4.31 Å². The van der Waals surface area contributed by atoms with Crippen LogP contribution >= 0.6 is 0 Å². The lowest BCUT2D eigenvalue weighted by Gasteiger charge is -2.22. The number of anilines is 3. The van der Waals surface area contributed by atoms with Crippen molar-refractivity contribution in [3.05, 3.63) is 72.8 Å². The number of benzene rings is 3. The number of ether oxygens (including phenoxy) is 2. The molecule has 4 rings (SSSR count). The van der Waals surface area contributed by atoms with Crippen LogP contribution in [0.15, 0.2) is 77.7 Å². The lowest BCUT2D eigenvalue weighted by atomic mass is 10.3. The molecular formula is C22H21N3O5S. The zero-order chi connectivity index (χ0) is 21.8. The molecule has 0 saturated heterocycles. The fraction of sp³-hybridized carbons (Fsp3) is 0.136. The second kappa shape index (κ2) is 8.57. The number of para-hydroxylation sites is 1. The molecule has 0 spiro atoms. The van der Waals surface area contributed by atoms with Crippen LogP contribution in [0.5, 0.6) is 11.5 Å². The molecule has 3 aromatic carbocycles. The molecule has 1 heterocycles. The minimum absolute atomic E-state index is 0.101. The van der Waals surface area contributed by atoms with Gasteiger partial charge in [0.2, 0.25) is 0 Å². The van der Waals surface area contributed by atoms with Gasteiger partial charge in [-0.25, -0.2) is 13.2 Å². The van der Waals surface area contributed by atoms with Gasteiger partial charge in [-0.05, 0) is 48.5 Å². The molecule has 2 N–H and O–H groups in total. The van der Waals surface area contributed by atoms with Crippen molar-refractivity contribution in [3.8, 4) is 11.5 Å². The first kappa shape index (κ1) is 20.5. The van der Waals surface area contributed by atoms with E-state index in [9.17, 15) is 13.2 Å². The highest BCUT2D eigenvalue weighted by Crippen LogP contribution is 2.34. The van der Waals surface area contributed by atoms with Gasteiger partial charge in [0.05, 0.1) is 10.6 Å². The van der Waals surface area contributed by atoms with Gasteiger partial charge in [-0.15, -0.1) is 0 Å². The molecule has 0 aliphatic carbocycles. The van der Waals surface area contributed by atoms with Gasteiger partial charge >= 0.3 is 6.03 Å². The van der Waals surface area contributed by atoms with Crippen LogP contribution in [-0.4, -0.2) is 34.7 Å². The summed E-state index contributed by atoms with van der Waals surface area (Å²) >= 11 is 0. The Bertz CT molecular complexity index is 1180. The van der Waals surface area contributed by atoms with Crippen molar-refractivity contribution in [1.82, 2.24) is 0 Å². The Morgan fingerprint density at radius 1 is 0.839 bits per heavy atom. The number of carbonyl (C=O) groups excluding carboxylic acids is 1. The van der Waals surface area contributed by atoms with Crippen LogP contribution in [0, 0.1) is 0 Å². The molecular weight excluding hydrogens is 418 g/mol. The highest BCUT2D eigenvalue weighted by molar-refractivity contribution is 7.92. The van der Waals surface area contributed by atoms with Crippen LogP contribution in [0.4, 0.5) is 21.9 Å². The molecule has 0 radical (unpaired) electrons. The van der Waals surface area contributed by atoms with Gasteiger partial charge in [0.15, 0.2) is 11.5 Å². The number of carbonyl (C=O) groups is 1. The molecule has 0 atom stereocenters. The average Bonchev–Trinajstić information content (AvgIpc) is 2.79. The smallest absolute Gasteiger partial charge is 0.323 e. The maximum absolute atomic E-state index is 13.0. The van der Waals surface area contributed by atoms with Gasteiger partial charge in [-0.1, -0.05) is 18.2 Å². The quantitative estimate of drug-likeness (QED) is 0.628. The predicted molar refractivity (Wildman–Crippen MR) is 119 cm³/mol. The van der Waals surface area contributed by atoms with E-state index in [2.05, 4.69) is 10.6 Å². The molecule has 8 nitrogen and oxygen atoms in total. The Hall–Kier alpha value is -3.72. The van der Waals surface area contributed by atoms with Crippen molar-refractivity contribution >= 4 is 33.1 Å². The number of hydrogen-bond acceptors (Lipinski definition) is 5. The minimum atomic E-state index is -3.80. The number of amides is 2. The second-order valence-corrected chi connectivity index (χ2v) is 8.74. The third kappa shape index (κ3) is 4.56. The first-order valence-electron chi connectivity index (χ1n) is 9.55. The Morgan fingerprint density at radius 2 is 1.45 bits per heavy atom. The molecule has 0 saturated carbocycles. The molecule has 160 valence electrons. The fourth-order valence-corrected chi connectivity index (χ4v) is 4.26. The number of rotatable bonds is 5. The van der Waals surface area contributed by atoms with Crippen molar-refractivity contribution in [2.24, 2.45) is 0 Å². The minimum Gasteiger partial charge on any atom is -0.486 e. The predicted octanol–water partition coefficient (Wildman–Crippen LogP) is 3.93. The van der Waals surface area contributed by atoms with Crippen LogP contribution in [0.2, 0.25) is 0 Å². The van der Waals surface area contributed by atoms with Crippen LogP contribution in [0.25, 0.3) is 0 Å². The monoisotopic (exact) mass is 439 g/mol. The molecule has 3 aromatic rings. The summed E-state index contributed by atoms with van der Waals surface area (Å²) in [6, 6.07) is 19.7. The van der Waals surface area contributed by atoms with E-state index in [-0.39, 0.29) is 4.90 Å². The Balaban J connectivity index is 1.46. The molecule has 1 aliphatic heterocycles. The van der Waals surface area contributed by atoms with Gasteiger partial charge in [-0.2, -0.15) is 0 Å². The van der Waals surface area contributed by atoms with Crippen molar-refractivity contribution in [2.45, 2.75) is 4.90 Å². The van der Waals surface area contributed by atoms with Crippen molar-refractivity contribution < 1.29 is 22.7 Å². The lowest BCUT2D eigenvalue weighted by Crippen LogP contribution is -2.27. The molecule has 0 bridgehead atoms. The van der Waals surface area contributed by atoms with Crippen molar-refractivity contribution in [2.75, 3.05) is 35.2 Å². The van der Waals surface area contributed by atoms with Crippen LogP contribution < -0.4 is 24.4 Å². The number of fused-ring (bicyclic) bond motifs is 1. The Kier molecular flexibility index (Phi) is 5.68. The van der Waals surface area contributed by atoms with Crippen molar-refractivity contribution in [3.63, 3.8) is 0 Å². The molecule has 0 aromatic heterocycles. The summed E-state index contributed by atoms with van der Waals surface area (Å²) in [5, 5.41) is 5.43. The number of hydrogen-bond donors (Lipinski definition) is 2. The number of sulfonamides is 1. The maximum atomic E-state index is 13.0. The van der Waals surface area contributed by atoms with Crippen molar-refractivity contribution in [1.29, 1.82) is 0 Å².